The number of rotatable bonds is 16. The number of ether oxygens (including phenoxy) is 2. The maximum absolute atomic E-state index is 13.3. The van der Waals surface area contributed by atoms with Crippen molar-refractivity contribution in [1.29, 1.82) is 0 Å². The lowest BCUT2D eigenvalue weighted by atomic mass is 9.96. The number of pyridine rings is 1. The van der Waals surface area contributed by atoms with Gasteiger partial charge in [-0.2, -0.15) is 13.2 Å². The van der Waals surface area contributed by atoms with Gasteiger partial charge in [-0.05, 0) is 83.8 Å². The van der Waals surface area contributed by atoms with Crippen LogP contribution in [0.3, 0.4) is 0 Å². The van der Waals surface area contributed by atoms with Gasteiger partial charge < -0.3 is 25.4 Å². The highest BCUT2D eigenvalue weighted by Gasteiger charge is 2.45. The molecule has 0 bridgehead atoms. The van der Waals surface area contributed by atoms with Gasteiger partial charge >= 0.3 is 6.18 Å². The molecule has 0 spiro atoms. The molecule has 7 rings (SSSR count). The van der Waals surface area contributed by atoms with E-state index in [2.05, 4.69) is 26.3 Å². The lowest BCUT2D eigenvalue weighted by Crippen LogP contribution is -2.54. The summed E-state index contributed by atoms with van der Waals surface area (Å²) >= 11 is 0. The van der Waals surface area contributed by atoms with Crippen LogP contribution in [0.25, 0.3) is 21.9 Å². The molecule has 0 radical (unpaired) electrons. The second kappa shape index (κ2) is 18.1. The molecule has 0 saturated carbocycles. The molecule has 4 N–H and O–H groups in total. The summed E-state index contributed by atoms with van der Waals surface area (Å²) in [6, 6.07) is 24.6. The summed E-state index contributed by atoms with van der Waals surface area (Å²) in [6.07, 6.45) is -4.29. The zero-order chi connectivity index (χ0) is 42.4. The van der Waals surface area contributed by atoms with Gasteiger partial charge in [-0.3, -0.25) is 34.2 Å². The highest BCUT2D eigenvalue weighted by atomic mass is 19.4. The van der Waals surface area contributed by atoms with Gasteiger partial charge in [0.15, 0.2) is 0 Å². The quantitative estimate of drug-likeness (QED) is 0.0649. The Labute approximate surface area is 342 Å². The molecule has 5 amide bonds. The number of anilines is 2. The number of alkyl halides is 3. The van der Waals surface area contributed by atoms with Crippen molar-refractivity contribution in [3.63, 3.8) is 0 Å². The monoisotopic (exact) mass is 822 g/mol. The van der Waals surface area contributed by atoms with Crippen molar-refractivity contribution in [1.82, 2.24) is 20.5 Å². The molecule has 310 valence electrons. The van der Waals surface area contributed by atoms with Gasteiger partial charge in [-0.1, -0.05) is 48.5 Å². The third-order valence-corrected chi connectivity index (χ3v) is 10.2. The van der Waals surface area contributed by atoms with E-state index in [1.165, 1.54) is 18.2 Å². The normalized spacial score (nSPS) is 15.8. The number of benzene rings is 4. The lowest BCUT2D eigenvalue weighted by molar-refractivity contribution is -0.138. The Kier molecular flexibility index (Phi) is 12.5. The largest absolute Gasteiger partial charge is 0.416 e. The number of nitrogens with one attached hydrogen (secondary N) is 4. The molecular formula is C44H41F3N6O7. The second-order valence-corrected chi connectivity index (χ2v) is 14.2. The highest BCUT2D eigenvalue weighted by molar-refractivity contribution is 6.25. The van der Waals surface area contributed by atoms with Gasteiger partial charge in [0.25, 0.3) is 17.7 Å². The van der Waals surface area contributed by atoms with Crippen molar-refractivity contribution >= 4 is 51.8 Å². The predicted molar refractivity (Wildman–Crippen MR) is 216 cm³/mol. The first kappa shape index (κ1) is 41.5. The molecule has 1 unspecified atom stereocenters. The van der Waals surface area contributed by atoms with E-state index in [0.717, 1.165) is 33.4 Å². The molecule has 1 fully saturated rings. The summed E-state index contributed by atoms with van der Waals surface area (Å²) in [7, 11) is 0. The van der Waals surface area contributed by atoms with E-state index in [4.69, 9.17) is 9.47 Å². The fourth-order valence-electron chi connectivity index (χ4n) is 7.15. The Bertz CT molecular complexity index is 2440. The number of hydrogen-bond acceptors (Lipinski definition) is 10. The first-order valence-electron chi connectivity index (χ1n) is 19.3. The molecule has 0 aliphatic carbocycles. The maximum Gasteiger partial charge on any atom is 0.416 e. The summed E-state index contributed by atoms with van der Waals surface area (Å²) in [5, 5.41) is 13.1. The SMILES string of the molecule is C[C@H](NC(=O)c1ccc2c(-c3ccc(C(F)(F)F)cc3)cccc2c1)c1cccc(NCCOCCOCCNc2cccc3c2C(=O)N(C2CCC(=O)NC2=O)C3=O)n1. The van der Waals surface area contributed by atoms with E-state index in [-0.39, 0.29) is 29.9 Å². The Hall–Kier alpha value is -6.65. The van der Waals surface area contributed by atoms with Crippen LogP contribution in [0.4, 0.5) is 24.7 Å². The van der Waals surface area contributed by atoms with E-state index in [9.17, 15) is 37.1 Å². The minimum Gasteiger partial charge on any atom is -0.382 e. The first-order valence-corrected chi connectivity index (χ1v) is 19.3. The molecular weight excluding hydrogens is 782 g/mol. The third kappa shape index (κ3) is 9.29. The van der Waals surface area contributed by atoms with Gasteiger partial charge in [0, 0.05) is 30.8 Å². The molecule has 2 aliphatic heterocycles. The Balaban J connectivity index is 0.815. The zero-order valence-electron chi connectivity index (χ0n) is 32.4. The fraction of sp³-hybridized carbons (Fsp3) is 0.273. The van der Waals surface area contributed by atoms with Gasteiger partial charge in [0.1, 0.15) is 11.9 Å². The van der Waals surface area contributed by atoms with Crippen LogP contribution >= 0.6 is 0 Å². The van der Waals surface area contributed by atoms with E-state index in [1.54, 1.807) is 36.4 Å². The number of amides is 5. The summed E-state index contributed by atoms with van der Waals surface area (Å²) < 4.78 is 50.6. The van der Waals surface area contributed by atoms with Crippen LogP contribution in [0.1, 0.15) is 68.1 Å². The Morgan fingerprint density at radius 1 is 0.833 bits per heavy atom. The first-order chi connectivity index (χ1) is 28.9. The van der Waals surface area contributed by atoms with Crippen molar-refractivity contribution in [2.24, 2.45) is 0 Å². The highest BCUT2D eigenvalue weighted by Crippen LogP contribution is 2.35. The van der Waals surface area contributed by atoms with Crippen LogP contribution in [-0.4, -0.2) is 85.0 Å². The number of fused-ring (bicyclic) bond motifs is 2. The standard InChI is InChI=1S/C44H41F3N6O7/c1-26(50-40(55)29-13-16-32-28(25-29)5-2-6-31(32)27-11-14-30(15-12-27)44(45,46)47)34-8-4-10-37(51-34)49-20-22-60-24-23-59-21-19-48-35-9-3-7-33-39(35)43(58)53(42(33)57)36-17-18-38(54)52-41(36)56/h2-16,25-26,36,48H,17-24H2,1H3,(H,49,51)(H,50,55)(H,52,54,56)/t26-,36?/m0/s1. The second-order valence-electron chi connectivity index (χ2n) is 14.2. The number of carbonyl (C=O) groups excluding carboxylic acids is 5. The van der Waals surface area contributed by atoms with Crippen LogP contribution in [-0.2, 0) is 25.2 Å². The van der Waals surface area contributed by atoms with Crippen LogP contribution in [0.5, 0.6) is 0 Å². The number of piperidine rings is 1. The summed E-state index contributed by atoms with van der Waals surface area (Å²) in [5.74, 6) is -1.95. The topological polar surface area (TPSA) is 168 Å². The van der Waals surface area contributed by atoms with Gasteiger partial charge in [-0.25, -0.2) is 4.98 Å². The van der Waals surface area contributed by atoms with Gasteiger partial charge in [-0.15, -0.1) is 0 Å². The van der Waals surface area contributed by atoms with E-state index < -0.39 is 47.5 Å². The summed E-state index contributed by atoms with van der Waals surface area (Å²) in [6.45, 7) is 3.96. The van der Waals surface area contributed by atoms with E-state index in [1.807, 2.05) is 37.3 Å². The summed E-state index contributed by atoms with van der Waals surface area (Å²) in [5.41, 5.74) is 2.58. The van der Waals surface area contributed by atoms with Crippen LogP contribution in [0.2, 0.25) is 0 Å². The third-order valence-electron chi connectivity index (χ3n) is 10.2. The van der Waals surface area contributed by atoms with Crippen molar-refractivity contribution < 1.29 is 46.6 Å². The van der Waals surface area contributed by atoms with Crippen LogP contribution in [0, 0.1) is 0 Å². The zero-order valence-corrected chi connectivity index (χ0v) is 32.4. The average molecular weight is 823 g/mol. The van der Waals surface area contributed by atoms with Crippen molar-refractivity contribution in [2.75, 3.05) is 50.2 Å². The van der Waals surface area contributed by atoms with Crippen LogP contribution < -0.4 is 21.3 Å². The Morgan fingerprint density at radius 2 is 1.53 bits per heavy atom. The maximum atomic E-state index is 13.3. The van der Waals surface area contributed by atoms with E-state index >= 15 is 0 Å². The van der Waals surface area contributed by atoms with Crippen LogP contribution in [0.15, 0.2) is 97.1 Å². The van der Waals surface area contributed by atoms with Gasteiger partial charge in [0.2, 0.25) is 11.8 Å². The fourth-order valence-corrected chi connectivity index (χ4v) is 7.15. The molecule has 1 aromatic heterocycles. The molecule has 4 aromatic carbocycles. The van der Waals surface area contributed by atoms with Crippen molar-refractivity contribution in [3.8, 4) is 11.1 Å². The number of aromatic nitrogens is 1. The number of imide groups is 2. The molecule has 1 saturated heterocycles. The molecule has 16 heteroatoms. The minimum atomic E-state index is -4.42. The number of nitrogens with zero attached hydrogens (tertiary/aromatic N) is 2. The van der Waals surface area contributed by atoms with Crippen molar-refractivity contribution in [3.05, 3.63) is 125 Å². The van der Waals surface area contributed by atoms with Gasteiger partial charge in [0.05, 0.1) is 54.9 Å². The molecule has 13 nitrogen and oxygen atoms in total. The van der Waals surface area contributed by atoms with E-state index in [0.29, 0.717) is 67.8 Å². The molecule has 5 aromatic rings. The van der Waals surface area contributed by atoms with Crippen molar-refractivity contribution in [2.45, 2.75) is 38.0 Å². The minimum absolute atomic E-state index is 0.0439. The predicted octanol–water partition coefficient (Wildman–Crippen LogP) is 6.37. The number of carbonyl (C=O) groups is 5. The summed E-state index contributed by atoms with van der Waals surface area (Å²) in [4.78, 5) is 69.0. The molecule has 2 aliphatic rings. The smallest absolute Gasteiger partial charge is 0.382 e. The molecule has 2 atom stereocenters. The molecule has 60 heavy (non-hydrogen) atoms. The number of hydrogen-bond donors (Lipinski definition) is 4. The average Bonchev–Trinajstić information content (AvgIpc) is 3.49. The Morgan fingerprint density at radius 3 is 2.27 bits per heavy atom. The lowest BCUT2D eigenvalue weighted by Gasteiger charge is -2.27. The number of halogens is 3. The molecule has 3 heterocycles.